The molecule has 0 unspecified atom stereocenters. The van der Waals surface area contributed by atoms with Gasteiger partial charge in [0.2, 0.25) is 0 Å². The molecule has 0 spiro atoms. The van der Waals surface area contributed by atoms with Crippen molar-refractivity contribution in [2.24, 2.45) is 17.8 Å². The van der Waals surface area contributed by atoms with Crippen LogP contribution in [0.25, 0.3) is 6.08 Å². The third-order valence-electron chi connectivity index (χ3n) is 7.02. The summed E-state index contributed by atoms with van der Waals surface area (Å²) in [6, 6.07) is 0. The number of ether oxygens (including phenoxy) is 2. The van der Waals surface area contributed by atoms with E-state index in [1.807, 2.05) is 32.2 Å². The number of hydrogen-bond donors (Lipinski definition) is 2. The first-order chi connectivity index (χ1) is 15.6. The molecule has 1 aromatic heterocycles. The molecule has 3 heterocycles. The first-order valence-corrected chi connectivity index (χ1v) is 12.8. The van der Waals surface area contributed by atoms with Crippen LogP contribution in [0, 0.1) is 24.7 Å². The zero-order valence-electron chi connectivity index (χ0n) is 20.2. The van der Waals surface area contributed by atoms with Gasteiger partial charge in [-0.2, -0.15) is 0 Å². The third-order valence-corrected chi connectivity index (χ3v) is 7.81. The highest BCUT2D eigenvalue weighted by molar-refractivity contribution is 7.09. The lowest BCUT2D eigenvalue weighted by Crippen LogP contribution is -2.39. The summed E-state index contributed by atoms with van der Waals surface area (Å²) in [5.41, 5.74) is 1.69. The number of ketones is 1. The second-order valence-electron chi connectivity index (χ2n) is 9.76. The SMILES string of the molecule is C/C(=C\c1csc(C)n1)[C@@H]1C[C@@H]2O[C@@H]2CCC[C@H](C)[C@@H](O)[C@@H](C)C(=O)[C@@H](C)[C@@H](O)CC(=O)O1. The topological polar surface area (TPSA) is 109 Å². The van der Waals surface area contributed by atoms with Crippen molar-refractivity contribution in [3.63, 3.8) is 0 Å². The highest BCUT2D eigenvalue weighted by Gasteiger charge is 2.42. The Morgan fingerprint density at radius 1 is 1.15 bits per heavy atom. The molecule has 2 saturated heterocycles. The molecule has 8 heteroatoms. The average Bonchev–Trinajstić information content (AvgIpc) is 3.38. The molecule has 0 saturated carbocycles. The molecular weight excluding hydrogens is 442 g/mol. The minimum Gasteiger partial charge on any atom is -0.458 e. The van der Waals surface area contributed by atoms with Crippen molar-refractivity contribution in [2.75, 3.05) is 0 Å². The molecule has 0 aliphatic carbocycles. The molecule has 7 nitrogen and oxygen atoms in total. The lowest BCUT2D eigenvalue weighted by Gasteiger charge is -2.28. The summed E-state index contributed by atoms with van der Waals surface area (Å²) in [5.74, 6) is -2.22. The number of aliphatic hydroxyl groups excluding tert-OH is 2. The maximum absolute atomic E-state index is 12.8. The normalized spacial score (nSPS) is 37.4. The summed E-state index contributed by atoms with van der Waals surface area (Å²) < 4.78 is 11.6. The first kappa shape index (κ1) is 26.0. The summed E-state index contributed by atoms with van der Waals surface area (Å²) in [7, 11) is 0. The second-order valence-corrected chi connectivity index (χ2v) is 10.8. The predicted octanol–water partition coefficient (Wildman–Crippen LogP) is 3.70. The molecule has 2 aliphatic rings. The Bertz CT molecular complexity index is 867. The molecule has 2 aliphatic heterocycles. The number of Topliss-reactive ketones (excluding diaryl/α,β-unsaturated/α-hetero) is 1. The summed E-state index contributed by atoms with van der Waals surface area (Å²) in [6.07, 6.45) is 2.43. The van der Waals surface area contributed by atoms with E-state index in [1.165, 1.54) is 0 Å². The van der Waals surface area contributed by atoms with Crippen LogP contribution in [0.5, 0.6) is 0 Å². The van der Waals surface area contributed by atoms with Crippen molar-refractivity contribution >= 4 is 29.2 Å². The number of fused-ring (bicyclic) bond motifs is 1. The van der Waals surface area contributed by atoms with Crippen LogP contribution < -0.4 is 0 Å². The smallest absolute Gasteiger partial charge is 0.309 e. The van der Waals surface area contributed by atoms with Crippen LogP contribution in [0.15, 0.2) is 11.0 Å². The van der Waals surface area contributed by atoms with Crippen LogP contribution >= 0.6 is 11.3 Å². The number of aliphatic hydroxyl groups is 2. The van der Waals surface area contributed by atoms with Crippen molar-refractivity contribution in [3.8, 4) is 0 Å². The number of aryl methyl sites for hydroxylation is 1. The van der Waals surface area contributed by atoms with E-state index in [-0.39, 0.29) is 30.3 Å². The van der Waals surface area contributed by atoms with Gasteiger partial charge in [-0.3, -0.25) is 9.59 Å². The third kappa shape index (κ3) is 6.94. The highest BCUT2D eigenvalue weighted by Crippen LogP contribution is 2.35. The minimum absolute atomic E-state index is 0.0146. The average molecular weight is 480 g/mol. The number of rotatable bonds is 2. The Hall–Kier alpha value is -1.61. The fourth-order valence-electron chi connectivity index (χ4n) is 4.58. The lowest BCUT2D eigenvalue weighted by molar-refractivity contribution is -0.151. The predicted molar refractivity (Wildman–Crippen MR) is 127 cm³/mol. The summed E-state index contributed by atoms with van der Waals surface area (Å²) in [6.45, 7) is 9.10. The first-order valence-electron chi connectivity index (χ1n) is 11.9. The van der Waals surface area contributed by atoms with Gasteiger partial charge in [0.1, 0.15) is 11.9 Å². The van der Waals surface area contributed by atoms with Gasteiger partial charge in [0.15, 0.2) is 0 Å². The van der Waals surface area contributed by atoms with E-state index in [9.17, 15) is 19.8 Å². The Morgan fingerprint density at radius 3 is 2.55 bits per heavy atom. The fourth-order valence-corrected chi connectivity index (χ4v) is 5.15. The van der Waals surface area contributed by atoms with E-state index in [0.717, 1.165) is 35.5 Å². The van der Waals surface area contributed by atoms with Crippen molar-refractivity contribution in [3.05, 3.63) is 21.7 Å². The number of hydrogen-bond acceptors (Lipinski definition) is 8. The van der Waals surface area contributed by atoms with Crippen molar-refractivity contribution < 1.29 is 29.3 Å². The molecule has 1 aromatic rings. The number of carbonyl (C=O) groups is 2. The molecule has 2 N–H and O–H groups in total. The largest absolute Gasteiger partial charge is 0.458 e. The van der Waals surface area contributed by atoms with Gasteiger partial charge in [-0.15, -0.1) is 11.3 Å². The number of nitrogens with zero attached hydrogens (tertiary/aromatic N) is 1. The maximum Gasteiger partial charge on any atom is 0.309 e. The van der Waals surface area contributed by atoms with Crippen LogP contribution in [0.4, 0.5) is 0 Å². The zero-order chi connectivity index (χ0) is 24.3. The molecule has 184 valence electrons. The number of cyclic esters (lactones) is 1. The van der Waals surface area contributed by atoms with Gasteiger partial charge in [-0.05, 0) is 44.3 Å². The number of esters is 1. The van der Waals surface area contributed by atoms with Crippen molar-refractivity contribution in [1.82, 2.24) is 4.98 Å². The summed E-state index contributed by atoms with van der Waals surface area (Å²) in [4.78, 5) is 30.0. The Morgan fingerprint density at radius 2 is 1.88 bits per heavy atom. The van der Waals surface area contributed by atoms with Gasteiger partial charge in [0, 0.05) is 23.6 Å². The molecule has 33 heavy (non-hydrogen) atoms. The van der Waals surface area contributed by atoms with Crippen molar-refractivity contribution in [2.45, 2.75) is 97.2 Å². The number of thiazole rings is 1. The quantitative estimate of drug-likeness (QED) is 0.492. The van der Waals surface area contributed by atoms with Crippen LogP contribution in [-0.4, -0.2) is 57.5 Å². The van der Waals surface area contributed by atoms with Gasteiger partial charge in [0.05, 0.1) is 41.5 Å². The molecule has 3 rings (SSSR count). The van der Waals surface area contributed by atoms with E-state index < -0.39 is 36.1 Å². The number of epoxide rings is 1. The Kier molecular flexibility index (Phi) is 8.83. The van der Waals surface area contributed by atoms with E-state index in [1.54, 1.807) is 25.2 Å². The Balaban J connectivity index is 1.77. The van der Waals surface area contributed by atoms with Crippen LogP contribution in [0.2, 0.25) is 0 Å². The summed E-state index contributed by atoms with van der Waals surface area (Å²) >= 11 is 1.56. The van der Waals surface area contributed by atoms with E-state index >= 15 is 0 Å². The van der Waals surface area contributed by atoms with Gasteiger partial charge in [-0.1, -0.05) is 27.2 Å². The van der Waals surface area contributed by atoms with E-state index in [2.05, 4.69) is 4.98 Å². The van der Waals surface area contributed by atoms with Crippen molar-refractivity contribution in [1.29, 1.82) is 0 Å². The highest BCUT2D eigenvalue weighted by atomic mass is 32.1. The minimum atomic E-state index is -1.17. The maximum atomic E-state index is 12.8. The molecule has 8 atom stereocenters. The molecule has 0 radical (unpaired) electrons. The van der Waals surface area contributed by atoms with Crippen LogP contribution in [0.1, 0.15) is 70.5 Å². The second kappa shape index (κ2) is 11.2. The monoisotopic (exact) mass is 479 g/mol. The molecule has 0 amide bonds. The van der Waals surface area contributed by atoms with Crippen LogP contribution in [0.3, 0.4) is 0 Å². The standard InChI is InChI=1S/C25H37NO6S/c1-13-7-6-8-20-22(31-20)11-21(14(2)9-18-12-33-17(5)26-18)32-23(28)10-19(27)15(3)25(30)16(4)24(13)29/h9,12-13,15-16,19-22,24,27,29H,6-8,10-11H2,1-5H3/b14-9+/t13-,15-,16+,19-,20+,21-,22-,24+/m0/s1. The number of carbonyl (C=O) groups excluding carboxylic acids is 2. The van der Waals surface area contributed by atoms with Gasteiger partial charge >= 0.3 is 5.97 Å². The van der Waals surface area contributed by atoms with Gasteiger partial charge in [-0.25, -0.2) is 4.98 Å². The van der Waals surface area contributed by atoms with Gasteiger partial charge in [0.25, 0.3) is 0 Å². The zero-order valence-corrected chi connectivity index (χ0v) is 21.0. The van der Waals surface area contributed by atoms with Crippen LogP contribution in [-0.2, 0) is 19.1 Å². The Labute approximate surface area is 200 Å². The number of aromatic nitrogens is 1. The fraction of sp³-hybridized carbons (Fsp3) is 0.720. The summed E-state index contributed by atoms with van der Waals surface area (Å²) in [5, 5.41) is 24.1. The molecule has 2 fully saturated rings. The molecule has 0 bridgehead atoms. The lowest BCUT2D eigenvalue weighted by atomic mass is 9.81. The van der Waals surface area contributed by atoms with E-state index in [0.29, 0.717) is 6.42 Å². The van der Waals surface area contributed by atoms with E-state index in [4.69, 9.17) is 9.47 Å². The molecular formula is C25H37NO6S. The van der Waals surface area contributed by atoms with Gasteiger partial charge < -0.3 is 19.7 Å². The molecule has 0 aromatic carbocycles.